The molecule has 3 aromatic rings. The third kappa shape index (κ3) is 3.63. The molecule has 27 heavy (non-hydrogen) atoms. The number of aryl methyl sites for hydroxylation is 3. The molecule has 5 heteroatoms. The van der Waals surface area contributed by atoms with Gasteiger partial charge in [-0.2, -0.15) is 0 Å². The van der Waals surface area contributed by atoms with Crippen LogP contribution in [0.4, 0.5) is 5.69 Å². The number of methoxy groups -OCH3 is 1. The summed E-state index contributed by atoms with van der Waals surface area (Å²) in [5.74, 6) is 2.16. The Morgan fingerprint density at radius 1 is 1.15 bits per heavy atom. The fraction of sp³-hybridized carbons (Fsp3) is 0.318. The van der Waals surface area contributed by atoms with E-state index >= 15 is 0 Å². The minimum atomic E-state index is -0.229. The molecule has 5 nitrogen and oxygen atoms in total. The monoisotopic (exact) mass is 365 g/mol. The van der Waals surface area contributed by atoms with Crippen LogP contribution in [0.15, 0.2) is 40.8 Å². The van der Waals surface area contributed by atoms with Gasteiger partial charge in [-0.1, -0.05) is 6.07 Å². The zero-order valence-electron chi connectivity index (χ0n) is 15.6. The van der Waals surface area contributed by atoms with E-state index in [9.17, 15) is 4.79 Å². The maximum atomic E-state index is 12.3. The molecule has 4 rings (SSSR count). The number of nitrogens with one attached hydrogen (secondary N) is 1. The van der Waals surface area contributed by atoms with Gasteiger partial charge in [-0.15, -0.1) is 0 Å². The number of anilines is 1. The van der Waals surface area contributed by atoms with Crippen LogP contribution in [-0.4, -0.2) is 19.6 Å². The van der Waals surface area contributed by atoms with Gasteiger partial charge in [-0.05, 0) is 62.1 Å². The van der Waals surface area contributed by atoms with Gasteiger partial charge < -0.3 is 19.2 Å². The second-order valence-corrected chi connectivity index (χ2v) is 6.91. The Hall–Kier alpha value is -2.95. The number of rotatable bonds is 5. The number of carbonyl (C=O) groups is 1. The third-order valence-electron chi connectivity index (χ3n) is 4.93. The molecule has 0 spiro atoms. The van der Waals surface area contributed by atoms with Gasteiger partial charge in [0, 0.05) is 17.4 Å². The molecule has 0 aliphatic heterocycles. The Kier molecular flexibility index (Phi) is 4.75. The molecular formula is C22H23NO4. The van der Waals surface area contributed by atoms with Crippen molar-refractivity contribution >= 4 is 22.6 Å². The van der Waals surface area contributed by atoms with E-state index < -0.39 is 0 Å². The van der Waals surface area contributed by atoms with Crippen molar-refractivity contribution < 1.29 is 18.7 Å². The van der Waals surface area contributed by atoms with Crippen molar-refractivity contribution in [3.05, 3.63) is 53.3 Å². The lowest BCUT2D eigenvalue weighted by molar-refractivity contribution is -0.118. The molecule has 0 atom stereocenters. The van der Waals surface area contributed by atoms with Crippen LogP contribution in [-0.2, 0) is 17.6 Å². The fourth-order valence-corrected chi connectivity index (χ4v) is 3.59. The van der Waals surface area contributed by atoms with Crippen LogP contribution in [0.1, 0.15) is 29.7 Å². The number of benzene rings is 2. The molecule has 0 fully saturated rings. The topological polar surface area (TPSA) is 60.7 Å². The number of hydrogen-bond donors (Lipinski definition) is 1. The summed E-state index contributed by atoms with van der Waals surface area (Å²) in [6.45, 7) is 1.90. The number of hydrogen-bond acceptors (Lipinski definition) is 4. The molecule has 2 aromatic carbocycles. The van der Waals surface area contributed by atoms with Crippen LogP contribution in [0, 0.1) is 6.92 Å². The summed E-state index contributed by atoms with van der Waals surface area (Å²) < 4.78 is 16.9. The number of furan rings is 1. The van der Waals surface area contributed by atoms with Gasteiger partial charge in [-0.3, -0.25) is 4.79 Å². The number of amides is 1. The maximum absolute atomic E-state index is 12.3. The molecule has 1 aromatic heterocycles. The molecule has 0 radical (unpaired) electrons. The first-order chi connectivity index (χ1) is 13.1. The lowest BCUT2D eigenvalue weighted by atomic mass is 9.96. The van der Waals surface area contributed by atoms with Crippen molar-refractivity contribution in [3.63, 3.8) is 0 Å². The van der Waals surface area contributed by atoms with Gasteiger partial charge in [0.1, 0.15) is 22.8 Å². The van der Waals surface area contributed by atoms with Crippen molar-refractivity contribution in [1.29, 1.82) is 0 Å². The van der Waals surface area contributed by atoms with E-state index in [2.05, 4.69) is 5.32 Å². The summed E-state index contributed by atoms with van der Waals surface area (Å²) >= 11 is 0. The van der Waals surface area contributed by atoms with Gasteiger partial charge >= 0.3 is 0 Å². The average molecular weight is 365 g/mol. The molecular weight excluding hydrogens is 342 g/mol. The predicted octanol–water partition coefficient (Wildman–Crippen LogP) is 4.65. The summed E-state index contributed by atoms with van der Waals surface area (Å²) in [6.07, 6.45) is 4.41. The first-order valence-corrected chi connectivity index (χ1v) is 9.25. The van der Waals surface area contributed by atoms with Crippen LogP contribution >= 0.6 is 0 Å². The Morgan fingerprint density at radius 3 is 2.85 bits per heavy atom. The first kappa shape index (κ1) is 17.5. The van der Waals surface area contributed by atoms with Crippen molar-refractivity contribution in [3.8, 4) is 11.5 Å². The van der Waals surface area contributed by atoms with Crippen molar-refractivity contribution in [1.82, 2.24) is 0 Å². The molecule has 0 unspecified atom stereocenters. The van der Waals surface area contributed by atoms with Gasteiger partial charge in [0.15, 0.2) is 6.61 Å². The largest absolute Gasteiger partial charge is 0.495 e. The summed E-state index contributed by atoms with van der Waals surface area (Å²) in [7, 11) is 1.58. The molecule has 0 saturated heterocycles. The molecule has 1 aliphatic carbocycles. The van der Waals surface area contributed by atoms with Crippen LogP contribution in [0.25, 0.3) is 11.0 Å². The van der Waals surface area contributed by atoms with Gasteiger partial charge in [0.25, 0.3) is 5.91 Å². The summed E-state index contributed by atoms with van der Waals surface area (Å²) in [5, 5.41) is 3.95. The quantitative estimate of drug-likeness (QED) is 0.715. The van der Waals surface area contributed by atoms with Crippen LogP contribution in [0.5, 0.6) is 11.5 Å². The molecule has 1 heterocycles. The lowest BCUT2D eigenvalue weighted by Gasteiger charge is -2.12. The van der Waals surface area contributed by atoms with E-state index in [4.69, 9.17) is 13.9 Å². The standard InChI is InChI=1S/C22H23NO4/c1-14-7-9-21(25-2)18(11-14)23-22(24)13-26-15-8-10-20-17(12-15)16-5-3-4-6-19(16)27-20/h7-12H,3-6,13H2,1-2H3,(H,23,24). The summed E-state index contributed by atoms with van der Waals surface area (Å²) in [6, 6.07) is 11.4. The molecule has 0 saturated carbocycles. The maximum Gasteiger partial charge on any atom is 0.262 e. The van der Waals surface area contributed by atoms with Crippen LogP contribution in [0.2, 0.25) is 0 Å². The summed E-state index contributed by atoms with van der Waals surface area (Å²) in [5.41, 5.74) is 3.87. The van der Waals surface area contributed by atoms with Gasteiger partial charge in [-0.25, -0.2) is 0 Å². The zero-order chi connectivity index (χ0) is 18.8. The minimum absolute atomic E-state index is 0.0668. The number of carbonyl (C=O) groups excluding carboxylic acids is 1. The SMILES string of the molecule is COc1ccc(C)cc1NC(=O)COc1ccc2oc3c(c2c1)CCCC3. The normalized spacial score (nSPS) is 13.3. The van der Waals surface area contributed by atoms with E-state index in [0.717, 1.165) is 35.1 Å². The molecule has 1 amide bonds. The molecule has 1 aliphatic rings. The fourth-order valence-electron chi connectivity index (χ4n) is 3.59. The second-order valence-electron chi connectivity index (χ2n) is 6.91. The van der Waals surface area contributed by atoms with E-state index in [-0.39, 0.29) is 12.5 Å². The van der Waals surface area contributed by atoms with E-state index in [1.165, 1.54) is 18.4 Å². The zero-order valence-corrected chi connectivity index (χ0v) is 15.6. The Bertz CT molecular complexity index is 989. The first-order valence-electron chi connectivity index (χ1n) is 9.25. The highest BCUT2D eigenvalue weighted by molar-refractivity contribution is 5.93. The molecule has 140 valence electrons. The second kappa shape index (κ2) is 7.35. The Labute approximate surface area is 158 Å². The third-order valence-corrected chi connectivity index (χ3v) is 4.93. The van der Waals surface area contributed by atoms with Crippen LogP contribution in [0.3, 0.4) is 0 Å². The Morgan fingerprint density at radius 2 is 2.00 bits per heavy atom. The smallest absolute Gasteiger partial charge is 0.262 e. The van der Waals surface area contributed by atoms with Crippen LogP contribution < -0.4 is 14.8 Å². The average Bonchev–Trinajstić information content (AvgIpc) is 3.04. The predicted molar refractivity (Wildman–Crippen MR) is 105 cm³/mol. The Balaban J connectivity index is 1.45. The summed E-state index contributed by atoms with van der Waals surface area (Å²) in [4.78, 5) is 12.3. The molecule has 1 N–H and O–H groups in total. The highest BCUT2D eigenvalue weighted by Gasteiger charge is 2.18. The highest BCUT2D eigenvalue weighted by Crippen LogP contribution is 2.34. The van der Waals surface area contributed by atoms with Crippen molar-refractivity contribution in [2.45, 2.75) is 32.6 Å². The van der Waals surface area contributed by atoms with E-state index in [1.807, 2.05) is 43.3 Å². The molecule has 0 bridgehead atoms. The lowest BCUT2D eigenvalue weighted by Crippen LogP contribution is -2.20. The highest BCUT2D eigenvalue weighted by atomic mass is 16.5. The van der Waals surface area contributed by atoms with E-state index in [1.54, 1.807) is 7.11 Å². The minimum Gasteiger partial charge on any atom is -0.495 e. The van der Waals surface area contributed by atoms with Gasteiger partial charge in [0.2, 0.25) is 0 Å². The van der Waals surface area contributed by atoms with Gasteiger partial charge in [0.05, 0.1) is 12.8 Å². The number of fused-ring (bicyclic) bond motifs is 3. The van der Waals surface area contributed by atoms with Crippen molar-refractivity contribution in [2.75, 3.05) is 19.0 Å². The number of ether oxygens (including phenoxy) is 2. The van der Waals surface area contributed by atoms with E-state index in [0.29, 0.717) is 17.2 Å². The van der Waals surface area contributed by atoms with Crippen molar-refractivity contribution in [2.24, 2.45) is 0 Å².